The van der Waals surface area contributed by atoms with E-state index < -0.39 is 5.54 Å². The van der Waals surface area contributed by atoms with Gasteiger partial charge in [0, 0.05) is 0 Å². The Balaban J connectivity index is 2.17. The highest BCUT2D eigenvalue weighted by atomic mass is 35.5. The minimum absolute atomic E-state index is 0.116. The van der Waals surface area contributed by atoms with Gasteiger partial charge in [-0.15, -0.1) is 0 Å². The Morgan fingerprint density at radius 1 is 1.53 bits per heavy atom. The Morgan fingerprint density at radius 3 is 2.89 bits per heavy atom. The first-order valence-corrected chi connectivity index (χ1v) is 7.15. The lowest BCUT2D eigenvalue weighted by atomic mass is 9.76. The van der Waals surface area contributed by atoms with E-state index in [1.165, 1.54) is 0 Å². The van der Waals surface area contributed by atoms with Crippen LogP contribution in [-0.4, -0.2) is 11.4 Å². The maximum absolute atomic E-state index is 12.4. The molecule has 2 rings (SSSR count). The van der Waals surface area contributed by atoms with Gasteiger partial charge in [-0.3, -0.25) is 4.79 Å². The van der Waals surface area contributed by atoms with E-state index in [2.05, 4.69) is 12.2 Å². The van der Waals surface area contributed by atoms with E-state index >= 15 is 0 Å². The molecule has 104 valence electrons. The number of rotatable bonds is 2. The first-order chi connectivity index (χ1) is 8.92. The van der Waals surface area contributed by atoms with Crippen LogP contribution in [0.3, 0.4) is 0 Å². The lowest BCUT2D eigenvalue weighted by molar-refractivity contribution is -0.122. The van der Waals surface area contributed by atoms with Crippen LogP contribution in [-0.2, 0) is 4.79 Å². The number of carbonyl (C=O) groups excluding carboxylic acids is 1. The van der Waals surface area contributed by atoms with Gasteiger partial charge in [-0.2, -0.15) is 0 Å². The maximum Gasteiger partial charge on any atom is 0.244 e. The van der Waals surface area contributed by atoms with Crippen molar-refractivity contribution in [2.75, 3.05) is 5.32 Å². The molecule has 0 heterocycles. The molecule has 0 radical (unpaired) electrons. The van der Waals surface area contributed by atoms with Crippen molar-refractivity contribution in [3.63, 3.8) is 0 Å². The number of para-hydroxylation sites is 1. The highest BCUT2D eigenvalue weighted by Gasteiger charge is 2.38. The number of amides is 1. The van der Waals surface area contributed by atoms with Gasteiger partial charge in [-0.1, -0.05) is 43.5 Å². The normalized spacial score (nSPS) is 27.1. The van der Waals surface area contributed by atoms with Crippen LogP contribution in [0.5, 0.6) is 0 Å². The van der Waals surface area contributed by atoms with Crippen molar-refractivity contribution in [2.24, 2.45) is 11.7 Å². The number of halogens is 1. The molecular formula is C15H21ClN2O. The van der Waals surface area contributed by atoms with Crippen LogP contribution in [0.4, 0.5) is 5.69 Å². The highest BCUT2D eigenvalue weighted by Crippen LogP contribution is 2.33. The predicted molar refractivity (Wildman–Crippen MR) is 79.4 cm³/mol. The summed E-state index contributed by atoms with van der Waals surface area (Å²) < 4.78 is 0. The summed E-state index contributed by atoms with van der Waals surface area (Å²) in [5, 5.41) is 3.47. The molecule has 2 atom stereocenters. The first kappa shape index (κ1) is 14.4. The molecule has 3 nitrogen and oxygen atoms in total. The molecule has 0 aromatic heterocycles. The van der Waals surface area contributed by atoms with Gasteiger partial charge in [0.05, 0.1) is 16.2 Å². The summed E-state index contributed by atoms with van der Waals surface area (Å²) in [5.74, 6) is 0.382. The fraction of sp³-hybridized carbons (Fsp3) is 0.533. The Labute approximate surface area is 119 Å². The molecule has 0 saturated heterocycles. The van der Waals surface area contributed by atoms with Crippen molar-refractivity contribution in [1.29, 1.82) is 0 Å². The standard InChI is InChI=1S/C15H21ClN2O/c1-10-5-4-8-15(17,9-10)14(19)18-13-11(2)6-3-7-12(13)16/h3,6-7,10H,4-5,8-9,17H2,1-2H3,(H,18,19). The van der Waals surface area contributed by atoms with Crippen LogP contribution in [0.25, 0.3) is 0 Å². The molecule has 1 aliphatic rings. The number of anilines is 1. The zero-order valence-corrected chi connectivity index (χ0v) is 12.3. The van der Waals surface area contributed by atoms with Crippen molar-refractivity contribution in [3.05, 3.63) is 28.8 Å². The number of benzene rings is 1. The molecule has 3 N–H and O–H groups in total. The van der Waals surface area contributed by atoms with Crippen LogP contribution < -0.4 is 11.1 Å². The Kier molecular flexibility index (Phi) is 4.16. The molecule has 19 heavy (non-hydrogen) atoms. The van der Waals surface area contributed by atoms with Gasteiger partial charge < -0.3 is 11.1 Å². The minimum Gasteiger partial charge on any atom is -0.323 e. The topological polar surface area (TPSA) is 55.1 Å². The monoisotopic (exact) mass is 280 g/mol. The highest BCUT2D eigenvalue weighted by molar-refractivity contribution is 6.34. The second-order valence-electron chi connectivity index (χ2n) is 5.74. The number of hydrogen-bond donors (Lipinski definition) is 2. The summed E-state index contributed by atoms with van der Waals surface area (Å²) in [5.41, 5.74) is 7.16. The summed E-state index contributed by atoms with van der Waals surface area (Å²) in [6.45, 7) is 4.07. The zero-order chi connectivity index (χ0) is 14.0. The minimum atomic E-state index is -0.761. The molecule has 1 aliphatic carbocycles. The molecule has 0 spiro atoms. The molecule has 1 aromatic carbocycles. The third-order valence-corrected chi connectivity index (χ3v) is 4.26. The molecule has 1 aromatic rings. The molecule has 1 fully saturated rings. The number of aryl methyl sites for hydroxylation is 1. The van der Waals surface area contributed by atoms with Gasteiger partial charge in [-0.25, -0.2) is 0 Å². The quantitative estimate of drug-likeness (QED) is 0.871. The van der Waals surface area contributed by atoms with Crippen LogP contribution >= 0.6 is 11.6 Å². The van der Waals surface area contributed by atoms with Gasteiger partial charge in [0.2, 0.25) is 5.91 Å². The molecule has 1 saturated carbocycles. The second kappa shape index (κ2) is 5.51. The van der Waals surface area contributed by atoms with Crippen LogP contribution in [0.1, 0.15) is 38.2 Å². The van der Waals surface area contributed by atoms with Crippen LogP contribution in [0.15, 0.2) is 18.2 Å². The van der Waals surface area contributed by atoms with Gasteiger partial charge in [0.1, 0.15) is 0 Å². The van der Waals surface area contributed by atoms with Crippen molar-refractivity contribution in [2.45, 2.75) is 45.1 Å². The van der Waals surface area contributed by atoms with Gasteiger partial charge >= 0.3 is 0 Å². The van der Waals surface area contributed by atoms with Crippen LogP contribution in [0, 0.1) is 12.8 Å². The summed E-state index contributed by atoms with van der Waals surface area (Å²) in [6, 6.07) is 5.57. The van der Waals surface area contributed by atoms with Gasteiger partial charge in [-0.05, 0) is 37.3 Å². The second-order valence-corrected chi connectivity index (χ2v) is 6.15. The lowest BCUT2D eigenvalue weighted by Gasteiger charge is -2.35. The average molecular weight is 281 g/mol. The van der Waals surface area contributed by atoms with E-state index in [0.29, 0.717) is 16.6 Å². The SMILES string of the molecule is Cc1cccc(Cl)c1NC(=O)C1(N)CCCC(C)C1. The van der Waals surface area contributed by atoms with Gasteiger partial charge in [0.25, 0.3) is 0 Å². The number of carbonyl (C=O) groups is 1. The van der Waals surface area contributed by atoms with Gasteiger partial charge in [0.15, 0.2) is 0 Å². The van der Waals surface area contributed by atoms with E-state index in [1.807, 2.05) is 19.1 Å². The third kappa shape index (κ3) is 3.10. The third-order valence-electron chi connectivity index (χ3n) is 3.95. The van der Waals surface area contributed by atoms with E-state index in [1.54, 1.807) is 6.07 Å². The van der Waals surface area contributed by atoms with E-state index in [4.69, 9.17) is 17.3 Å². The summed E-state index contributed by atoms with van der Waals surface area (Å²) >= 11 is 6.13. The fourth-order valence-electron chi connectivity index (χ4n) is 2.83. The number of hydrogen-bond acceptors (Lipinski definition) is 2. The maximum atomic E-state index is 12.4. The molecular weight excluding hydrogens is 260 g/mol. The lowest BCUT2D eigenvalue weighted by Crippen LogP contribution is -2.53. The van der Waals surface area contributed by atoms with Crippen molar-refractivity contribution < 1.29 is 4.79 Å². The Hall–Kier alpha value is -1.06. The zero-order valence-electron chi connectivity index (χ0n) is 11.5. The van der Waals surface area contributed by atoms with Crippen molar-refractivity contribution in [3.8, 4) is 0 Å². The molecule has 0 bridgehead atoms. The molecule has 0 aliphatic heterocycles. The van der Waals surface area contributed by atoms with Crippen LogP contribution in [0.2, 0.25) is 5.02 Å². The smallest absolute Gasteiger partial charge is 0.244 e. The molecule has 4 heteroatoms. The van der Waals surface area contributed by atoms with E-state index in [-0.39, 0.29) is 5.91 Å². The van der Waals surface area contributed by atoms with Crippen molar-refractivity contribution >= 4 is 23.2 Å². The molecule has 1 amide bonds. The largest absolute Gasteiger partial charge is 0.323 e. The van der Waals surface area contributed by atoms with E-state index in [9.17, 15) is 4.79 Å². The van der Waals surface area contributed by atoms with Crippen molar-refractivity contribution in [1.82, 2.24) is 0 Å². The fourth-order valence-corrected chi connectivity index (χ4v) is 3.10. The molecule has 2 unspecified atom stereocenters. The predicted octanol–water partition coefficient (Wildman–Crippen LogP) is 3.49. The Bertz CT molecular complexity index is 469. The summed E-state index contributed by atoms with van der Waals surface area (Å²) in [6.07, 6.45) is 3.64. The van der Waals surface area contributed by atoms with E-state index in [0.717, 1.165) is 31.2 Å². The number of nitrogens with two attached hydrogens (primary N) is 1. The average Bonchev–Trinajstić information content (AvgIpc) is 2.33. The Morgan fingerprint density at radius 2 is 2.26 bits per heavy atom. The number of nitrogens with one attached hydrogen (secondary N) is 1. The summed E-state index contributed by atoms with van der Waals surface area (Å²) in [4.78, 5) is 12.4. The first-order valence-electron chi connectivity index (χ1n) is 6.78. The summed E-state index contributed by atoms with van der Waals surface area (Å²) in [7, 11) is 0.